The number of nitrogens with zero attached hydrogens (tertiary/aromatic N) is 2. The maximum absolute atomic E-state index is 13.8. The molecule has 1 aromatic rings. The lowest BCUT2D eigenvalue weighted by atomic mass is 9.97. The summed E-state index contributed by atoms with van der Waals surface area (Å²) in [4.78, 5) is 6.24. The van der Waals surface area contributed by atoms with Crippen LogP contribution in [-0.2, 0) is 13.1 Å². The summed E-state index contributed by atoms with van der Waals surface area (Å²) in [5, 5.41) is 6.67. The molecule has 0 heterocycles. The molecule has 0 amide bonds. The predicted octanol–water partition coefficient (Wildman–Crippen LogP) is 4.06. The summed E-state index contributed by atoms with van der Waals surface area (Å²) in [7, 11) is 5.66. The Morgan fingerprint density at radius 2 is 2.04 bits per heavy atom. The topological polar surface area (TPSA) is 39.7 Å². The van der Waals surface area contributed by atoms with Gasteiger partial charge in [0.15, 0.2) is 5.96 Å². The van der Waals surface area contributed by atoms with Gasteiger partial charge >= 0.3 is 0 Å². The van der Waals surface area contributed by atoms with Crippen LogP contribution in [0.2, 0.25) is 0 Å². The third-order valence-electron chi connectivity index (χ3n) is 4.40. The van der Waals surface area contributed by atoms with Crippen molar-refractivity contribution < 1.29 is 4.39 Å². The molecule has 0 aromatic heterocycles. The Kier molecular flexibility index (Phi) is 10.8. The molecule has 26 heavy (non-hydrogen) atoms. The quantitative estimate of drug-likeness (QED) is 0.271. The zero-order valence-electron chi connectivity index (χ0n) is 16.1. The van der Waals surface area contributed by atoms with Crippen molar-refractivity contribution in [3.05, 3.63) is 46.8 Å². The van der Waals surface area contributed by atoms with Crippen LogP contribution in [0.15, 0.2) is 34.8 Å². The average Bonchev–Trinajstić information content (AvgIpc) is 2.61. The van der Waals surface area contributed by atoms with Gasteiger partial charge in [0.05, 0.1) is 0 Å². The van der Waals surface area contributed by atoms with E-state index in [0.717, 1.165) is 30.1 Å². The van der Waals surface area contributed by atoms with E-state index in [1.165, 1.54) is 25.7 Å². The Labute approximate surface area is 174 Å². The lowest BCUT2D eigenvalue weighted by molar-refractivity contribution is 0.392. The van der Waals surface area contributed by atoms with Crippen molar-refractivity contribution in [1.29, 1.82) is 0 Å². The first kappa shape index (κ1) is 22.9. The SMILES string of the molecule is CN=C(NCCC1=CCCCC1)NCc1ccc(F)c(CN(C)C)c1.I. The fraction of sp³-hybridized carbons (Fsp3) is 0.550. The lowest BCUT2D eigenvalue weighted by Crippen LogP contribution is -2.37. The molecule has 0 fully saturated rings. The van der Waals surface area contributed by atoms with E-state index in [4.69, 9.17) is 0 Å². The first-order chi connectivity index (χ1) is 12.1. The Balaban J connectivity index is 0.00000338. The molecule has 0 unspecified atom stereocenters. The van der Waals surface area contributed by atoms with Crippen LogP contribution < -0.4 is 10.6 Å². The number of rotatable bonds is 7. The van der Waals surface area contributed by atoms with Gasteiger partial charge in [-0.25, -0.2) is 4.39 Å². The van der Waals surface area contributed by atoms with Gasteiger partial charge in [0.2, 0.25) is 0 Å². The zero-order valence-corrected chi connectivity index (χ0v) is 18.5. The highest BCUT2D eigenvalue weighted by Crippen LogP contribution is 2.19. The molecule has 2 rings (SSSR count). The summed E-state index contributed by atoms with van der Waals surface area (Å²) in [5.41, 5.74) is 3.33. The van der Waals surface area contributed by atoms with Crippen molar-refractivity contribution in [1.82, 2.24) is 15.5 Å². The second kappa shape index (κ2) is 12.3. The molecule has 0 radical (unpaired) electrons. The highest BCUT2D eigenvalue weighted by Gasteiger charge is 2.07. The Morgan fingerprint density at radius 3 is 2.69 bits per heavy atom. The molecule has 0 saturated heterocycles. The summed E-state index contributed by atoms with van der Waals surface area (Å²) in [6.07, 6.45) is 8.56. The largest absolute Gasteiger partial charge is 0.356 e. The highest BCUT2D eigenvalue weighted by atomic mass is 127. The number of halogens is 2. The predicted molar refractivity (Wildman–Crippen MR) is 119 cm³/mol. The molecule has 0 aliphatic heterocycles. The summed E-state index contributed by atoms with van der Waals surface area (Å²) in [6, 6.07) is 5.28. The van der Waals surface area contributed by atoms with Crippen LogP contribution in [0.25, 0.3) is 0 Å². The van der Waals surface area contributed by atoms with E-state index in [9.17, 15) is 4.39 Å². The van der Waals surface area contributed by atoms with Gasteiger partial charge in [0.25, 0.3) is 0 Å². The van der Waals surface area contributed by atoms with Gasteiger partial charge in [-0.3, -0.25) is 4.99 Å². The third-order valence-corrected chi connectivity index (χ3v) is 4.40. The van der Waals surface area contributed by atoms with E-state index in [0.29, 0.717) is 13.1 Å². The molecule has 1 aliphatic rings. The zero-order chi connectivity index (χ0) is 18.1. The number of guanidine groups is 1. The van der Waals surface area contributed by atoms with Crippen molar-refractivity contribution >= 4 is 29.9 Å². The van der Waals surface area contributed by atoms with Gasteiger partial charge in [0.1, 0.15) is 5.82 Å². The van der Waals surface area contributed by atoms with E-state index < -0.39 is 0 Å². The summed E-state index contributed by atoms with van der Waals surface area (Å²) >= 11 is 0. The fourth-order valence-corrected chi connectivity index (χ4v) is 3.08. The van der Waals surface area contributed by atoms with Crippen LogP contribution >= 0.6 is 24.0 Å². The minimum absolute atomic E-state index is 0. The van der Waals surface area contributed by atoms with Crippen molar-refractivity contribution in [2.24, 2.45) is 4.99 Å². The van der Waals surface area contributed by atoms with Crippen LogP contribution in [0, 0.1) is 5.82 Å². The summed E-state index contributed by atoms with van der Waals surface area (Å²) < 4.78 is 13.8. The molecule has 2 N–H and O–H groups in total. The van der Waals surface area contributed by atoms with Crippen molar-refractivity contribution in [3.63, 3.8) is 0 Å². The molecular weight excluding hydrogens is 442 g/mol. The molecule has 0 atom stereocenters. The number of benzene rings is 1. The molecule has 0 spiro atoms. The molecule has 6 heteroatoms. The minimum Gasteiger partial charge on any atom is -0.356 e. The smallest absolute Gasteiger partial charge is 0.191 e. The van der Waals surface area contributed by atoms with Crippen LogP contribution in [0.3, 0.4) is 0 Å². The van der Waals surface area contributed by atoms with Crippen LogP contribution in [0.4, 0.5) is 4.39 Å². The molecule has 146 valence electrons. The van der Waals surface area contributed by atoms with Crippen LogP contribution in [-0.4, -0.2) is 38.5 Å². The maximum atomic E-state index is 13.8. The standard InChI is InChI=1S/C20H31FN4.HI/c1-22-20(23-12-11-16-7-5-4-6-8-16)24-14-17-9-10-19(21)18(13-17)15-25(2)3;/h7,9-10,13H,4-6,8,11-12,14-15H2,1-3H3,(H2,22,23,24);1H. The van der Waals surface area contributed by atoms with E-state index in [2.05, 4.69) is 21.7 Å². The van der Waals surface area contributed by atoms with Gasteiger partial charge in [-0.1, -0.05) is 17.7 Å². The van der Waals surface area contributed by atoms with Gasteiger partial charge in [-0.2, -0.15) is 0 Å². The number of hydrogen-bond donors (Lipinski definition) is 2. The van der Waals surface area contributed by atoms with Crippen LogP contribution in [0.5, 0.6) is 0 Å². The Bertz CT molecular complexity index is 614. The van der Waals surface area contributed by atoms with Gasteiger partial charge in [-0.15, -0.1) is 24.0 Å². The first-order valence-electron chi connectivity index (χ1n) is 9.13. The number of allylic oxidation sites excluding steroid dienone is 1. The maximum Gasteiger partial charge on any atom is 0.191 e. The molecule has 1 aromatic carbocycles. The Hall–Kier alpha value is -1.15. The third kappa shape index (κ3) is 8.03. The monoisotopic (exact) mass is 474 g/mol. The minimum atomic E-state index is -0.152. The first-order valence-corrected chi connectivity index (χ1v) is 9.13. The summed E-state index contributed by atoms with van der Waals surface area (Å²) in [5.74, 6) is 0.635. The van der Waals surface area contributed by atoms with E-state index in [1.54, 1.807) is 18.7 Å². The second-order valence-electron chi connectivity index (χ2n) is 6.87. The number of nitrogens with one attached hydrogen (secondary N) is 2. The molecule has 1 aliphatic carbocycles. The van der Waals surface area contributed by atoms with Crippen molar-refractivity contribution in [2.45, 2.75) is 45.2 Å². The normalized spacial score (nSPS) is 14.7. The van der Waals surface area contributed by atoms with Crippen LogP contribution in [0.1, 0.15) is 43.2 Å². The van der Waals surface area contributed by atoms with Crippen molar-refractivity contribution in [3.8, 4) is 0 Å². The van der Waals surface area contributed by atoms with Gasteiger partial charge < -0.3 is 15.5 Å². The van der Waals surface area contributed by atoms with Crippen molar-refractivity contribution in [2.75, 3.05) is 27.7 Å². The molecule has 4 nitrogen and oxygen atoms in total. The van der Waals surface area contributed by atoms with Gasteiger partial charge in [-0.05, 0) is 63.9 Å². The number of aliphatic imine (C=N–C) groups is 1. The Morgan fingerprint density at radius 1 is 1.23 bits per heavy atom. The van der Waals surface area contributed by atoms with Gasteiger partial charge in [0, 0.05) is 32.2 Å². The molecule has 0 saturated carbocycles. The van der Waals surface area contributed by atoms with E-state index >= 15 is 0 Å². The fourth-order valence-electron chi connectivity index (χ4n) is 3.08. The highest BCUT2D eigenvalue weighted by molar-refractivity contribution is 14.0. The number of hydrogen-bond acceptors (Lipinski definition) is 2. The second-order valence-corrected chi connectivity index (χ2v) is 6.87. The average molecular weight is 474 g/mol. The van der Waals surface area contributed by atoms with E-state index in [-0.39, 0.29) is 29.8 Å². The van der Waals surface area contributed by atoms with E-state index in [1.807, 2.05) is 31.1 Å². The molecule has 0 bridgehead atoms. The summed E-state index contributed by atoms with van der Waals surface area (Å²) in [6.45, 7) is 2.12. The lowest BCUT2D eigenvalue weighted by Gasteiger charge is -2.16. The molecular formula is C20H32FIN4.